The number of benzene rings is 1. The molecule has 2 heterocycles. The van der Waals surface area contributed by atoms with E-state index in [0.717, 1.165) is 25.2 Å². The van der Waals surface area contributed by atoms with Crippen LogP contribution in [0.3, 0.4) is 0 Å². The number of hydrogen-bond donors (Lipinski definition) is 2. The van der Waals surface area contributed by atoms with Crippen LogP contribution in [0.1, 0.15) is 32.3 Å². The standard InChI is InChI=1S/C20H28FN5O/c1-15(2)23-19(27)20(24-18-6-4-5-17(21)11-18)7-9-26(10-8-20)14-16-12-22-25(3)13-16/h4-6,11-13,15,24H,7-10,14H2,1-3H3,(H,23,27). The van der Waals surface area contributed by atoms with E-state index in [1.54, 1.807) is 16.8 Å². The predicted octanol–water partition coefficient (Wildman–Crippen LogP) is 2.53. The highest BCUT2D eigenvalue weighted by Gasteiger charge is 2.41. The Balaban J connectivity index is 1.72. The fourth-order valence-corrected chi connectivity index (χ4v) is 3.56. The first kappa shape index (κ1) is 19.4. The fourth-order valence-electron chi connectivity index (χ4n) is 3.56. The van der Waals surface area contributed by atoms with Gasteiger partial charge >= 0.3 is 0 Å². The zero-order chi connectivity index (χ0) is 19.4. The molecule has 0 unspecified atom stereocenters. The van der Waals surface area contributed by atoms with Crippen molar-refractivity contribution in [2.24, 2.45) is 7.05 Å². The maximum absolute atomic E-state index is 13.6. The first-order valence-corrected chi connectivity index (χ1v) is 9.41. The molecular formula is C20H28FN5O. The third-order valence-corrected chi connectivity index (χ3v) is 4.94. The molecule has 3 rings (SSSR count). The van der Waals surface area contributed by atoms with E-state index in [1.165, 1.54) is 12.1 Å². The van der Waals surface area contributed by atoms with Gasteiger partial charge < -0.3 is 10.6 Å². The van der Waals surface area contributed by atoms with E-state index in [-0.39, 0.29) is 17.8 Å². The van der Waals surface area contributed by atoms with Crippen molar-refractivity contribution in [3.8, 4) is 0 Å². The van der Waals surface area contributed by atoms with Crippen LogP contribution in [0.2, 0.25) is 0 Å². The van der Waals surface area contributed by atoms with Gasteiger partial charge in [0, 0.05) is 50.2 Å². The Morgan fingerprint density at radius 1 is 1.33 bits per heavy atom. The predicted molar refractivity (Wildman–Crippen MR) is 104 cm³/mol. The maximum atomic E-state index is 13.6. The van der Waals surface area contributed by atoms with Crippen LogP contribution in [0, 0.1) is 5.82 Å². The van der Waals surface area contributed by atoms with E-state index in [9.17, 15) is 9.18 Å². The zero-order valence-electron chi connectivity index (χ0n) is 16.2. The Bertz CT molecular complexity index is 780. The Hall–Kier alpha value is -2.41. The molecule has 0 radical (unpaired) electrons. The second kappa shape index (κ2) is 8.08. The van der Waals surface area contributed by atoms with E-state index in [2.05, 4.69) is 20.6 Å². The second-order valence-electron chi connectivity index (χ2n) is 7.64. The Morgan fingerprint density at radius 2 is 2.07 bits per heavy atom. The minimum absolute atomic E-state index is 0.0252. The van der Waals surface area contributed by atoms with Crippen molar-refractivity contribution in [2.45, 2.75) is 44.8 Å². The molecule has 27 heavy (non-hydrogen) atoms. The van der Waals surface area contributed by atoms with Gasteiger partial charge in [-0.1, -0.05) is 6.07 Å². The maximum Gasteiger partial charge on any atom is 0.245 e. The number of carbonyl (C=O) groups is 1. The number of likely N-dealkylation sites (tertiary alicyclic amines) is 1. The summed E-state index contributed by atoms with van der Waals surface area (Å²) in [5, 5.41) is 10.6. The van der Waals surface area contributed by atoms with Crippen LogP contribution in [0.4, 0.5) is 10.1 Å². The monoisotopic (exact) mass is 373 g/mol. The summed E-state index contributed by atoms with van der Waals surface area (Å²) in [6.07, 6.45) is 5.20. The molecule has 0 spiro atoms. The van der Waals surface area contributed by atoms with Gasteiger partial charge in [-0.05, 0) is 44.9 Å². The number of rotatable bonds is 6. The lowest BCUT2D eigenvalue weighted by Gasteiger charge is -2.42. The molecule has 1 aliphatic heterocycles. The smallest absolute Gasteiger partial charge is 0.245 e. The molecule has 7 heteroatoms. The van der Waals surface area contributed by atoms with Crippen LogP contribution in [0.25, 0.3) is 0 Å². The molecule has 0 saturated carbocycles. The van der Waals surface area contributed by atoms with Crippen molar-refractivity contribution >= 4 is 11.6 Å². The minimum Gasteiger partial charge on any atom is -0.371 e. The van der Waals surface area contributed by atoms with E-state index >= 15 is 0 Å². The third-order valence-electron chi connectivity index (χ3n) is 4.94. The molecule has 2 N–H and O–H groups in total. The minimum atomic E-state index is -0.733. The Morgan fingerprint density at radius 3 is 2.67 bits per heavy atom. The van der Waals surface area contributed by atoms with E-state index in [0.29, 0.717) is 18.5 Å². The first-order valence-electron chi connectivity index (χ1n) is 9.41. The number of hydrogen-bond acceptors (Lipinski definition) is 4. The van der Waals surface area contributed by atoms with Gasteiger partial charge in [0.25, 0.3) is 0 Å². The number of amides is 1. The van der Waals surface area contributed by atoms with E-state index in [4.69, 9.17) is 0 Å². The number of aryl methyl sites for hydroxylation is 1. The molecule has 146 valence electrons. The first-order chi connectivity index (χ1) is 12.9. The molecule has 2 aromatic rings. The summed E-state index contributed by atoms with van der Waals surface area (Å²) in [7, 11) is 1.91. The molecule has 0 aliphatic carbocycles. The second-order valence-corrected chi connectivity index (χ2v) is 7.64. The molecule has 6 nitrogen and oxygen atoms in total. The Kier molecular flexibility index (Phi) is 5.79. The molecule has 1 aliphatic rings. The summed E-state index contributed by atoms with van der Waals surface area (Å²) < 4.78 is 15.4. The summed E-state index contributed by atoms with van der Waals surface area (Å²) in [4.78, 5) is 15.3. The highest BCUT2D eigenvalue weighted by atomic mass is 19.1. The van der Waals surface area contributed by atoms with Gasteiger partial charge in [0.2, 0.25) is 5.91 Å². The highest BCUT2D eigenvalue weighted by Crippen LogP contribution is 2.29. The number of carbonyl (C=O) groups excluding carboxylic acids is 1. The number of anilines is 1. The topological polar surface area (TPSA) is 62.2 Å². The van der Waals surface area contributed by atoms with Crippen LogP contribution in [0.15, 0.2) is 36.7 Å². The molecule has 1 aromatic heterocycles. The number of halogens is 1. The van der Waals surface area contributed by atoms with Crippen LogP contribution < -0.4 is 10.6 Å². The number of nitrogens with zero attached hydrogens (tertiary/aromatic N) is 3. The van der Waals surface area contributed by atoms with Crippen molar-refractivity contribution in [1.29, 1.82) is 0 Å². The van der Waals surface area contributed by atoms with Crippen LogP contribution in [-0.4, -0.2) is 45.3 Å². The van der Waals surface area contributed by atoms with Crippen LogP contribution >= 0.6 is 0 Å². The van der Waals surface area contributed by atoms with Crippen molar-refractivity contribution in [1.82, 2.24) is 20.0 Å². The number of aromatic nitrogens is 2. The van der Waals surface area contributed by atoms with Crippen molar-refractivity contribution in [2.75, 3.05) is 18.4 Å². The van der Waals surface area contributed by atoms with Crippen molar-refractivity contribution in [3.63, 3.8) is 0 Å². The summed E-state index contributed by atoms with van der Waals surface area (Å²) >= 11 is 0. The number of nitrogens with one attached hydrogen (secondary N) is 2. The lowest BCUT2D eigenvalue weighted by atomic mass is 9.85. The summed E-state index contributed by atoms with van der Waals surface area (Å²) in [6, 6.07) is 6.35. The SMILES string of the molecule is CC(C)NC(=O)C1(Nc2cccc(F)c2)CCN(Cc2cnn(C)c2)CC1. The lowest BCUT2D eigenvalue weighted by molar-refractivity contribution is -0.127. The lowest BCUT2D eigenvalue weighted by Crippen LogP contribution is -2.59. The van der Waals surface area contributed by atoms with Gasteiger partial charge in [0.05, 0.1) is 6.20 Å². The summed E-state index contributed by atoms with van der Waals surface area (Å²) in [5.74, 6) is -0.337. The van der Waals surface area contributed by atoms with Gasteiger partial charge in [-0.15, -0.1) is 0 Å². The number of piperidine rings is 1. The average molecular weight is 373 g/mol. The Labute approximate surface area is 159 Å². The van der Waals surface area contributed by atoms with Gasteiger partial charge in [0.1, 0.15) is 11.4 Å². The van der Waals surface area contributed by atoms with Crippen LogP contribution in [0.5, 0.6) is 0 Å². The average Bonchev–Trinajstić information content (AvgIpc) is 3.01. The molecular weight excluding hydrogens is 345 g/mol. The van der Waals surface area contributed by atoms with E-state index < -0.39 is 5.54 Å². The van der Waals surface area contributed by atoms with Gasteiger partial charge in [-0.3, -0.25) is 14.4 Å². The zero-order valence-corrected chi connectivity index (χ0v) is 16.2. The molecule has 0 atom stereocenters. The summed E-state index contributed by atoms with van der Waals surface area (Å²) in [5.41, 5.74) is 1.06. The molecule has 1 saturated heterocycles. The normalized spacial score (nSPS) is 17.1. The van der Waals surface area contributed by atoms with Crippen LogP contribution in [-0.2, 0) is 18.4 Å². The molecule has 1 fully saturated rings. The van der Waals surface area contributed by atoms with Crippen molar-refractivity contribution in [3.05, 3.63) is 48.0 Å². The van der Waals surface area contributed by atoms with Gasteiger partial charge in [-0.25, -0.2) is 4.39 Å². The quantitative estimate of drug-likeness (QED) is 0.817. The molecule has 1 amide bonds. The van der Waals surface area contributed by atoms with Gasteiger partial charge in [-0.2, -0.15) is 5.10 Å². The van der Waals surface area contributed by atoms with Crippen molar-refractivity contribution < 1.29 is 9.18 Å². The van der Waals surface area contributed by atoms with Gasteiger partial charge in [0.15, 0.2) is 0 Å². The molecule has 1 aromatic carbocycles. The largest absolute Gasteiger partial charge is 0.371 e. The summed E-state index contributed by atoms with van der Waals surface area (Å²) in [6.45, 7) is 6.28. The molecule has 0 bridgehead atoms. The fraction of sp³-hybridized carbons (Fsp3) is 0.500. The highest BCUT2D eigenvalue weighted by molar-refractivity contribution is 5.89. The third kappa shape index (κ3) is 4.86. The van der Waals surface area contributed by atoms with E-state index in [1.807, 2.05) is 33.3 Å².